The van der Waals surface area contributed by atoms with Crippen LogP contribution in [0.2, 0.25) is 0 Å². The van der Waals surface area contributed by atoms with Crippen LogP contribution in [0.5, 0.6) is 0 Å². The van der Waals surface area contributed by atoms with Crippen molar-refractivity contribution in [1.29, 1.82) is 0 Å². The maximum Gasteiger partial charge on any atom is 0.240 e. The van der Waals surface area contributed by atoms with Gasteiger partial charge < -0.3 is 10.2 Å². The third-order valence-corrected chi connectivity index (χ3v) is 4.11. The van der Waals surface area contributed by atoms with E-state index in [0.717, 1.165) is 19.5 Å². The molecule has 1 saturated heterocycles. The van der Waals surface area contributed by atoms with E-state index in [2.05, 4.69) is 50.4 Å². The molecule has 1 amide bonds. The minimum absolute atomic E-state index is 0.00325. The first-order chi connectivity index (χ1) is 9.60. The molecule has 1 N–H and O–H groups in total. The van der Waals surface area contributed by atoms with Crippen molar-refractivity contribution in [3.8, 4) is 0 Å². The van der Waals surface area contributed by atoms with Gasteiger partial charge in [-0.15, -0.1) is 0 Å². The number of amides is 1. The Morgan fingerprint density at radius 3 is 2.90 bits per heavy atom. The molecular formula is C17H26N2O. The van der Waals surface area contributed by atoms with E-state index in [1.165, 1.54) is 17.5 Å². The fraction of sp³-hybridized carbons (Fsp3) is 0.588. The van der Waals surface area contributed by atoms with Crippen molar-refractivity contribution >= 4 is 5.91 Å². The number of nitrogens with zero attached hydrogens (tertiary/aromatic N) is 1. The molecule has 1 fully saturated rings. The van der Waals surface area contributed by atoms with Crippen molar-refractivity contribution in [3.63, 3.8) is 0 Å². The van der Waals surface area contributed by atoms with E-state index in [1.54, 1.807) is 0 Å². The van der Waals surface area contributed by atoms with Gasteiger partial charge in [0, 0.05) is 13.1 Å². The highest BCUT2D eigenvalue weighted by atomic mass is 16.2. The van der Waals surface area contributed by atoms with Crippen LogP contribution >= 0.6 is 0 Å². The highest BCUT2D eigenvalue weighted by Crippen LogP contribution is 2.18. The van der Waals surface area contributed by atoms with Crippen molar-refractivity contribution in [3.05, 3.63) is 35.4 Å². The van der Waals surface area contributed by atoms with Crippen LogP contribution in [0.4, 0.5) is 0 Å². The fourth-order valence-electron chi connectivity index (χ4n) is 2.89. The molecule has 1 aromatic rings. The smallest absolute Gasteiger partial charge is 0.240 e. The van der Waals surface area contributed by atoms with Gasteiger partial charge in [-0.2, -0.15) is 0 Å². The lowest BCUT2D eigenvalue weighted by molar-refractivity contribution is -0.134. The Kier molecular flexibility index (Phi) is 5.18. The molecule has 0 bridgehead atoms. The van der Waals surface area contributed by atoms with Crippen LogP contribution in [0.15, 0.2) is 24.3 Å². The summed E-state index contributed by atoms with van der Waals surface area (Å²) < 4.78 is 0. The molecule has 0 spiro atoms. The molecule has 20 heavy (non-hydrogen) atoms. The molecule has 1 aliphatic rings. The number of nitrogens with one attached hydrogen (secondary N) is 1. The number of rotatable bonds is 4. The number of likely N-dealkylation sites (N-methyl/N-ethyl adjacent to an activating group) is 1. The zero-order chi connectivity index (χ0) is 14.5. The Bertz CT molecular complexity index is 458. The third kappa shape index (κ3) is 3.83. The van der Waals surface area contributed by atoms with Crippen molar-refractivity contribution in [2.45, 2.75) is 46.2 Å². The van der Waals surface area contributed by atoms with Crippen LogP contribution in [-0.2, 0) is 11.3 Å². The first-order valence-electron chi connectivity index (χ1n) is 7.68. The molecule has 0 radical (unpaired) electrons. The van der Waals surface area contributed by atoms with Crippen molar-refractivity contribution in [2.75, 3.05) is 13.1 Å². The average Bonchev–Trinajstić information content (AvgIpc) is 2.44. The van der Waals surface area contributed by atoms with Gasteiger partial charge in [-0.05, 0) is 44.7 Å². The van der Waals surface area contributed by atoms with E-state index < -0.39 is 0 Å². The van der Waals surface area contributed by atoms with Gasteiger partial charge in [-0.25, -0.2) is 0 Å². The Labute approximate surface area is 122 Å². The molecule has 110 valence electrons. The van der Waals surface area contributed by atoms with E-state index >= 15 is 0 Å². The molecule has 1 aliphatic heterocycles. The molecule has 0 aliphatic carbocycles. The topological polar surface area (TPSA) is 32.3 Å². The SMILES string of the molecule is CCN(Cc1cccc(C)c1)C(=O)C1CC(C)CCN1. The number of hydrogen-bond donors (Lipinski definition) is 1. The third-order valence-electron chi connectivity index (χ3n) is 4.11. The van der Waals surface area contributed by atoms with E-state index in [4.69, 9.17) is 0 Å². The molecule has 3 nitrogen and oxygen atoms in total. The van der Waals surface area contributed by atoms with Crippen LogP contribution in [0.25, 0.3) is 0 Å². The molecule has 1 heterocycles. The van der Waals surface area contributed by atoms with E-state index in [-0.39, 0.29) is 11.9 Å². The summed E-state index contributed by atoms with van der Waals surface area (Å²) in [5.74, 6) is 0.892. The second-order valence-corrected chi connectivity index (χ2v) is 5.98. The quantitative estimate of drug-likeness (QED) is 0.915. The molecule has 0 saturated carbocycles. The lowest BCUT2D eigenvalue weighted by Gasteiger charge is -2.32. The maximum atomic E-state index is 12.6. The summed E-state index contributed by atoms with van der Waals surface area (Å²) in [6.07, 6.45) is 2.14. The van der Waals surface area contributed by atoms with Crippen LogP contribution in [0.3, 0.4) is 0 Å². The second-order valence-electron chi connectivity index (χ2n) is 5.98. The van der Waals surface area contributed by atoms with Gasteiger partial charge in [0.2, 0.25) is 5.91 Å². The molecule has 2 unspecified atom stereocenters. The van der Waals surface area contributed by atoms with Gasteiger partial charge in [0.25, 0.3) is 0 Å². The zero-order valence-electron chi connectivity index (χ0n) is 12.9. The summed E-state index contributed by atoms with van der Waals surface area (Å²) in [6.45, 7) is 8.81. The predicted molar refractivity (Wildman–Crippen MR) is 82.5 cm³/mol. The number of benzene rings is 1. The number of carbonyl (C=O) groups excluding carboxylic acids is 1. The minimum atomic E-state index is 0.00325. The molecule has 0 aromatic heterocycles. The number of hydrogen-bond acceptors (Lipinski definition) is 2. The summed E-state index contributed by atoms with van der Waals surface area (Å²) in [7, 11) is 0. The summed E-state index contributed by atoms with van der Waals surface area (Å²) in [5, 5.41) is 3.37. The Morgan fingerprint density at radius 1 is 1.45 bits per heavy atom. The monoisotopic (exact) mass is 274 g/mol. The number of aryl methyl sites for hydroxylation is 1. The van der Waals surface area contributed by atoms with E-state index in [9.17, 15) is 4.79 Å². The Morgan fingerprint density at radius 2 is 2.25 bits per heavy atom. The van der Waals surface area contributed by atoms with Crippen LogP contribution < -0.4 is 5.32 Å². The van der Waals surface area contributed by atoms with Gasteiger partial charge in [-0.3, -0.25) is 4.79 Å². The van der Waals surface area contributed by atoms with Crippen molar-refractivity contribution < 1.29 is 4.79 Å². The molecule has 3 heteroatoms. The van der Waals surface area contributed by atoms with E-state index in [0.29, 0.717) is 12.5 Å². The van der Waals surface area contributed by atoms with Crippen LogP contribution in [-0.4, -0.2) is 29.9 Å². The fourth-order valence-corrected chi connectivity index (χ4v) is 2.89. The van der Waals surface area contributed by atoms with Crippen molar-refractivity contribution in [1.82, 2.24) is 10.2 Å². The molecule has 2 rings (SSSR count). The van der Waals surface area contributed by atoms with Crippen molar-refractivity contribution in [2.24, 2.45) is 5.92 Å². The average molecular weight is 274 g/mol. The summed E-state index contributed by atoms with van der Waals surface area (Å²) >= 11 is 0. The first kappa shape index (κ1) is 15.0. The lowest BCUT2D eigenvalue weighted by atomic mass is 9.93. The largest absolute Gasteiger partial charge is 0.337 e. The van der Waals surface area contributed by atoms with Gasteiger partial charge in [0.15, 0.2) is 0 Å². The highest BCUT2D eigenvalue weighted by Gasteiger charge is 2.27. The van der Waals surface area contributed by atoms with Gasteiger partial charge in [0.05, 0.1) is 6.04 Å². The normalized spacial score (nSPS) is 22.6. The molecular weight excluding hydrogens is 248 g/mol. The van der Waals surface area contributed by atoms with Crippen LogP contribution in [0.1, 0.15) is 37.8 Å². The Hall–Kier alpha value is -1.35. The standard InChI is InChI=1S/C17H26N2O/c1-4-19(12-15-7-5-6-13(2)10-15)17(20)16-11-14(3)8-9-18-16/h5-7,10,14,16,18H,4,8-9,11-12H2,1-3H3. The summed E-state index contributed by atoms with van der Waals surface area (Å²) in [4.78, 5) is 14.6. The van der Waals surface area contributed by atoms with Gasteiger partial charge >= 0.3 is 0 Å². The predicted octanol–water partition coefficient (Wildman–Crippen LogP) is 2.73. The summed E-state index contributed by atoms with van der Waals surface area (Å²) in [6, 6.07) is 8.41. The molecule has 1 aromatic carbocycles. The molecule has 2 atom stereocenters. The minimum Gasteiger partial charge on any atom is -0.337 e. The highest BCUT2D eigenvalue weighted by molar-refractivity contribution is 5.82. The first-order valence-corrected chi connectivity index (χ1v) is 7.68. The Balaban J connectivity index is 2.02. The summed E-state index contributed by atoms with van der Waals surface area (Å²) in [5.41, 5.74) is 2.46. The lowest BCUT2D eigenvalue weighted by Crippen LogP contribution is -2.49. The zero-order valence-corrected chi connectivity index (χ0v) is 12.9. The maximum absolute atomic E-state index is 12.6. The van der Waals surface area contributed by atoms with E-state index in [1.807, 2.05) is 4.90 Å². The van der Waals surface area contributed by atoms with Gasteiger partial charge in [0.1, 0.15) is 0 Å². The number of carbonyl (C=O) groups is 1. The van der Waals surface area contributed by atoms with Crippen LogP contribution in [0, 0.1) is 12.8 Å². The van der Waals surface area contributed by atoms with Gasteiger partial charge in [-0.1, -0.05) is 36.8 Å². The second kappa shape index (κ2) is 6.89. The number of piperidine rings is 1.